The second kappa shape index (κ2) is 6.43. The fraction of sp³-hybridized carbons (Fsp3) is 0.312. The molecule has 1 amide bonds. The zero-order chi connectivity index (χ0) is 15.4. The van der Waals surface area contributed by atoms with Crippen LogP contribution in [-0.4, -0.2) is 29.0 Å². The molecule has 0 aliphatic heterocycles. The number of nitrogens with zero attached hydrogens (tertiary/aromatic N) is 2. The van der Waals surface area contributed by atoms with Gasteiger partial charge in [0.2, 0.25) is 0 Å². The minimum atomic E-state index is -0.141. The third-order valence-corrected chi connectivity index (χ3v) is 3.44. The predicted octanol–water partition coefficient (Wildman–Crippen LogP) is 1.99. The molecule has 6 heteroatoms. The average Bonchev–Trinajstić information content (AvgIpc) is 3.37. The van der Waals surface area contributed by atoms with Gasteiger partial charge in [-0.3, -0.25) is 4.79 Å². The molecule has 1 heterocycles. The Kier molecular flexibility index (Phi) is 4.18. The molecule has 114 valence electrons. The van der Waals surface area contributed by atoms with Crippen molar-refractivity contribution in [1.82, 2.24) is 15.3 Å². The van der Waals surface area contributed by atoms with Gasteiger partial charge >= 0.3 is 0 Å². The fourth-order valence-corrected chi connectivity index (χ4v) is 2.00. The van der Waals surface area contributed by atoms with Crippen LogP contribution in [0.5, 0.6) is 5.75 Å². The summed E-state index contributed by atoms with van der Waals surface area (Å²) in [5.41, 5.74) is 1.49. The number of aromatic nitrogens is 2. The van der Waals surface area contributed by atoms with Gasteiger partial charge in [-0.25, -0.2) is 9.97 Å². The summed E-state index contributed by atoms with van der Waals surface area (Å²) in [6.07, 6.45) is 3.51. The smallest absolute Gasteiger partial charge is 0.270 e. The largest absolute Gasteiger partial charge is 0.497 e. The Hall–Kier alpha value is -2.63. The fourth-order valence-electron chi connectivity index (χ4n) is 2.00. The molecule has 0 spiro atoms. The SMILES string of the molecule is COc1ccc(CNc2cc(C(=O)NC3CC3)ncn2)cc1. The molecule has 0 radical (unpaired) electrons. The van der Waals surface area contributed by atoms with E-state index in [2.05, 4.69) is 20.6 Å². The molecule has 1 aromatic heterocycles. The van der Waals surface area contributed by atoms with E-state index < -0.39 is 0 Å². The van der Waals surface area contributed by atoms with Crippen LogP contribution in [0.15, 0.2) is 36.7 Å². The number of rotatable bonds is 6. The molecule has 3 rings (SSSR count). The van der Waals surface area contributed by atoms with Gasteiger partial charge in [-0.05, 0) is 30.5 Å². The number of hydrogen-bond donors (Lipinski definition) is 2. The molecule has 1 aromatic carbocycles. The summed E-state index contributed by atoms with van der Waals surface area (Å²) in [6.45, 7) is 0.616. The van der Waals surface area contributed by atoms with Gasteiger partial charge in [-0.1, -0.05) is 12.1 Å². The second-order valence-corrected chi connectivity index (χ2v) is 5.24. The van der Waals surface area contributed by atoms with Crippen LogP contribution in [0.4, 0.5) is 5.82 Å². The summed E-state index contributed by atoms with van der Waals surface area (Å²) in [6, 6.07) is 9.76. The van der Waals surface area contributed by atoms with Gasteiger partial charge in [0.05, 0.1) is 7.11 Å². The molecule has 1 saturated carbocycles. The Morgan fingerprint density at radius 1 is 1.27 bits per heavy atom. The van der Waals surface area contributed by atoms with Gasteiger partial charge in [0.25, 0.3) is 5.91 Å². The van der Waals surface area contributed by atoms with E-state index in [1.165, 1.54) is 6.33 Å². The maximum atomic E-state index is 11.9. The van der Waals surface area contributed by atoms with Crippen LogP contribution in [0.3, 0.4) is 0 Å². The van der Waals surface area contributed by atoms with Crippen LogP contribution in [-0.2, 0) is 6.54 Å². The zero-order valence-corrected chi connectivity index (χ0v) is 12.4. The van der Waals surface area contributed by atoms with E-state index in [9.17, 15) is 4.79 Å². The lowest BCUT2D eigenvalue weighted by molar-refractivity contribution is 0.0946. The Morgan fingerprint density at radius 2 is 2.05 bits per heavy atom. The van der Waals surface area contributed by atoms with Crippen molar-refractivity contribution < 1.29 is 9.53 Å². The van der Waals surface area contributed by atoms with Gasteiger partial charge in [0.15, 0.2) is 0 Å². The Morgan fingerprint density at radius 3 is 2.73 bits per heavy atom. The second-order valence-electron chi connectivity index (χ2n) is 5.24. The number of ether oxygens (including phenoxy) is 1. The third kappa shape index (κ3) is 3.72. The maximum Gasteiger partial charge on any atom is 0.270 e. The number of hydrogen-bond acceptors (Lipinski definition) is 5. The lowest BCUT2D eigenvalue weighted by Crippen LogP contribution is -2.26. The summed E-state index contributed by atoms with van der Waals surface area (Å²) in [5.74, 6) is 1.31. The van der Waals surface area contributed by atoms with Gasteiger partial charge in [0.1, 0.15) is 23.6 Å². The topological polar surface area (TPSA) is 76.1 Å². The Labute approximate surface area is 128 Å². The number of carbonyl (C=O) groups is 1. The van der Waals surface area contributed by atoms with Crippen LogP contribution in [0, 0.1) is 0 Å². The molecule has 1 aliphatic rings. The van der Waals surface area contributed by atoms with Crippen molar-refractivity contribution in [2.75, 3.05) is 12.4 Å². The van der Waals surface area contributed by atoms with Gasteiger partial charge in [-0.2, -0.15) is 0 Å². The standard InChI is InChI=1S/C16H18N4O2/c1-22-13-6-2-11(3-7-13)9-17-15-8-14(18-10-19-15)16(21)20-12-4-5-12/h2-3,6-8,10,12H,4-5,9H2,1H3,(H,20,21)(H,17,18,19). The summed E-state index contributed by atoms with van der Waals surface area (Å²) < 4.78 is 5.13. The Bertz CT molecular complexity index is 653. The lowest BCUT2D eigenvalue weighted by Gasteiger charge is -2.08. The number of nitrogens with one attached hydrogen (secondary N) is 2. The molecule has 1 fully saturated rings. The first kappa shape index (κ1) is 14.3. The number of benzene rings is 1. The van der Waals surface area contributed by atoms with E-state index in [0.29, 0.717) is 24.1 Å². The van der Waals surface area contributed by atoms with Crippen molar-refractivity contribution in [3.8, 4) is 5.75 Å². The molecule has 0 bridgehead atoms. The molecule has 6 nitrogen and oxygen atoms in total. The first-order valence-corrected chi connectivity index (χ1v) is 7.24. The molecule has 0 unspecified atom stereocenters. The van der Waals surface area contributed by atoms with E-state index in [1.807, 2.05) is 24.3 Å². The van der Waals surface area contributed by atoms with E-state index in [4.69, 9.17) is 4.74 Å². The number of anilines is 1. The van der Waals surface area contributed by atoms with Gasteiger partial charge in [0, 0.05) is 18.7 Å². The average molecular weight is 298 g/mol. The van der Waals surface area contributed by atoms with Crippen molar-refractivity contribution in [1.29, 1.82) is 0 Å². The predicted molar refractivity (Wildman–Crippen MR) is 82.8 cm³/mol. The summed E-state index contributed by atoms with van der Waals surface area (Å²) >= 11 is 0. The van der Waals surface area contributed by atoms with Crippen molar-refractivity contribution in [2.45, 2.75) is 25.4 Å². The summed E-state index contributed by atoms with van der Waals surface area (Å²) in [4.78, 5) is 20.1. The van der Waals surface area contributed by atoms with E-state index >= 15 is 0 Å². The van der Waals surface area contributed by atoms with Crippen LogP contribution < -0.4 is 15.4 Å². The van der Waals surface area contributed by atoms with Crippen molar-refractivity contribution in [3.05, 3.63) is 47.9 Å². The molecule has 1 aliphatic carbocycles. The highest BCUT2D eigenvalue weighted by Gasteiger charge is 2.24. The van der Waals surface area contributed by atoms with Crippen LogP contribution in [0.25, 0.3) is 0 Å². The van der Waals surface area contributed by atoms with E-state index in [0.717, 1.165) is 24.2 Å². The number of methoxy groups -OCH3 is 1. The third-order valence-electron chi connectivity index (χ3n) is 3.44. The molecule has 0 saturated heterocycles. The number of carbonyl (C=O) groups excluding carboxylic acids is 1. The first-order valence-electron chi connectivity index (χ1n) is 7.24. The van der Waals surface area contributed by atoms with Crippen molar-refractivity contribution in [3.63, 3.8) is 0 Å². The molecular weight excluding hydrogens is 280 g/mol. The monoisotopic (exact) mass is 298 g/mol. The van der Waals surface area contributed by atoms with Crippen LogP contribution >= 0.6 is 0 Å². The van der Waals surface area contributed by atoms with Crippen LogP contribution in [0.2, 0.25) is 0 Å². The van der Waals surface area contributed by atoms with E-state index in [1.54, 1.807) is 13.2 Å². The molecule has 2 aromatic rings. The van der Waals surface area contributed by atoms with Crippen molar-refractivity contribution in [2.24, 2.45) is 0 Å². The van der Waals surface area contributed by atoms with Gasteiger partial charge < -0.3 is 15.4 Å². The number of amides is 1. The Balaban J connectivity index is 1.60. The summed E-state index contributed by atoms with van der Waals surface area (Å²) in [5, 5.41) is 6.10. The van der Waals surface area contributed by atoms with Crippen molar-refractivity contribution >= 4 is 11.7 Å². The maximum absolute atomic E-state index is 11.9. The lowest BCUT2D eigenvalue weighted by atomic mass is 10.2. The minimum absolute atomic E-state index is 0.141. The highest BCUT2D eigenvalue weighted by atomic mass is 16.5. The zero-order valence-electron chi connectivity index (χ0n) is 12.4. The summed E-state index contributed by atoms with van der Waals surface area (Å²) in [7, 11) is 1.64. The highest BCUT2D eigenvalue weighted by molar-refractivity contribution is 5.93. The quantitative estimate of drug-likeness (QED) is 0.853. The molecule has 0 atom stereocenters. The first-order chi connectivity index (χ1) is 10.7. The minimum Gasteiger partial charge on any atom is -0.497 e. The molecule has 22 heavy (non-hydrogen) atoms. The highest BCUT2D eigenvalue weighted by Crippen LogP contribution is 2.19. The normalized spacial score (nSPS) is 13.5. The van der Waals surface area contributed by atoms with Crippen LogP contribution in [0.1, 0.15) is 28.9 Å². The molecule has 2 N–H and O–H groups in total. The van der Waals surface area contributed by atoms with Gasteiger partial charge in [-0.15, -0.1) is 0 Å². The molecular formula is C16H18N4O2. The van der Waals surface area contributed by atoms with E-state index in [-0.39, 0.29) is 5.91 Å².